The average molecular weight is 387 g/mol. The SMILES string of the molecule is COc1ccc(CCNc2ccc(NC(=O)/C=C/c3ccc(C)cc3)cn2)cc1. The number of rotatable bonds is 8. The second kappa shape index (κ2) is 10.1. The second-order valence-electron chi connectivity index (χ2n) is 6.69. The summed E-state index contributed by atoms with van der Waals surface area (Å²) in [6.45, 7) is 2.80. The van der Waals surface area contributed by atoms with Crippen LogP contribution in [0.5, 0.6) is 5.75 Å². The molecule has 1 aromatic heterocycles. The number of ether oxygens (including phenoxy) is 1. The molecule has 0 spiro atoms. The minimum absolute atomic E-state index is 0.187. The van der Waals surface area contributed by atoms with Crippen LogP contribution in [-0.4, -0.2) is 24.5 Å². The number of amides is 1. The van der Waals surface area contributed by atoms with Crippen LogP contribution in [0.2, 0.25) is 0 Å². The van der Waals surface area contributed by atoms with E-state index < -0.39 is 0 Å². The molecule has 0 aliphatic carbocycles. The molecule has 5 nitrogen and oxygen atoms in total. The Morgan fingerprint density at radius 2 is 1.79 bits per heavy atom. The Kier molecular flexibility index (Phi) is 7.00. The van der Waals surface area contributed by atoms with Crippen molar-refractivity contribution in [3.05, 3.63) is 89.6 Å². The Morgan fingerprint density at radius 3 is 2.45 bits per heavy atom. The van der Waals surface area contributed by atoms with Gasteiger partial charge in [-0.3, -0.25) is 4.79 Å². The van der Waals surface area contributed by atoms with Crippen molar-refractivity contribution >= 4 is 23.5 Å². The lowest BCUT2D eigenvalue weighted by Gasteiger charge is -2.08. The second-order valence-corrected chi connectivity index (χ2v) is 6.69. The molecule has 5 heteroatoms. The van der Waals surface area contributed by atoms with Gasteiger partial charge >= 0.3 is 0 Å². The Bertz CT molecular complexity index is 947. The van der Waals surface area contributed by atoms with Crippen molar-refractivity contribution in [2.45, 2.75) is 13.3 Å². The number of aromatic nitrogens is 1. The van der Waals surface area contributed by atoms with Crippen molar-refractivity contribution < 1.29 is 9.53 Å². The number of nitrogens with zero attached hydrogens (tertiary/aromatic N) is 1. The Labute approximate surface area is 171 Å². The zero-order chi connectivity index (χ0) is 20.5. The molecule has 0 unspecified atom stereocenters. The highest BCUT2D eigenvalue weighted by atomic mass is 16.5. The summed E-state index contributed by atoms with van der Waals surface area (Å²) in [4.78, 5) is 16.4. The topological polar surface area (TPSA) is 63.2 Å². The summed E-state index contributed by atoms with van der Waals surface area (Å²) < 4.78 is 5.16. The van der Waals surface area contributed by atoms with Crippen molar-refractivity contribution in [2.75, 3.05) is 24.3 Å². The number of hydrogen-bond donors (Lipinski definition) is 2. The van der Waals surface area contributed by atoms with Crippen molar-refractivity contribution in [2.24, 2.45) is 0 Å². The van der Waals surface area contributed by atoms with E-state index in [1.807, 2.05) is 55.5 Å². The molecule has 0 aliphatic rings. The molecule has 0 radical (unpaired) electrons. The fourth-order valence-corrected chi connectivity index (χ4v) is 2.73. The van der Waals surface area contributed by atoms with Gasteiger partial charge in [0.1, 0.15) is 11.6 Å². The van der Waals surface area contributed by atoms with Crippen LogP contribution in [0.25, 0.3) is 6.08 Å². The zero-order valence-electron chi connectivity index (χ0n) is 16.7. The Morgan fingerprint density at radius 1 is 1.03 bits per heavy atom. The third kappa shape index (κ3) is 6.50. The first kappa shape index (κ1) is 20.1. The van der Waals surface area contributed by atoms with E-state index in [2.05, 4.69) is 27.8 Å². The highest BCUT2D eigenvalue weighted by molar-refractivity contribution is 6.01. The molecule has 3 rings (SSSR count). The number of hydrogen-bond acceptors (Lipinski definition) is 4. The van der Waals surface area contributed by atoms with Gasteiger partial charge in [0.25, 0.3) is 0 Å². The molecule has 148 valence electrons. The molecule has 0 saturated heterocycles. The summed E-state index contributed by atoms with van der Waals surface area (Å²) in [5, 5.41) is 6.10. The molecule has 0 atom stereocenters. The molecule has 0 saturated carbocycles. The molecule has 2 N–H and O–H groups in total. The van der Waals surface area contributed by atoms with Crippen LogP contribution in [0.1, 0.15) is 16.7 Å². The van der Waals surface area contributed by atoms with Gasteiger partial charge in [0.2, 0.25) is 5.91 Å². The Balaban J connectivity index is 1.45. The number of carbonyl (C=O) groups excluding carboxylic acids is 1. The van der Waals surface area contributed by atoms with Gasteiger partial charge in [0, 0.05) is 12.6 Å². The van der Waals surface area contributed by atoms with Crippen molar-refractivity contribution in [3.8, 4) is 5.75 Å². The largest absolute Gasteiger partial charge is 0.497 e. The van der Waals surface area contributed by atoms with Crippen molar-refractivity contribution in [3.63, 3.8) is 0 Å². The predicted octanol–water partition coefficient (Wildman–Crippen LogP) is 4.71. The van der Waals surface area contributed by atoms with Gasteiger partial charge in [-0.1, -0.05) is 42.0 Å². The third-order valence-corrected chi connectivity index (χ3v) is 4.41. The van der Waals surface area contributed by atoms with E-state index in [1.54, 1.807) is 19.4 Å². The van der Waals surface area contributed by atoms with E-state index in [9.17, 15) is 4.79 Å². The lowest BCUT2D eigenvalue weighted by atomic mass is 10.1. The molecule has 2 aromatic carbocycles. The Hall–Kier alpha value is -3.60. The first-order valence-electron chi connectivity index (χ1n) is 9.51. The van der Waals surface area contributed by atoms with Crippen LogP contribution in [0.3, 0.4) is 0 Å². The first-order valence-corrected chi connectivity index (χ1v) is 9.51. The van der Waals surface area contributed by atoms with E-state index in [0.717, 1.165) is 30.1 Å². The normalized spacial score (nSPS) is 10.7. The third-order valence-electron chi connectivity index (χ3n) is 4.41. The summed E-state index contributed by atoms with van der Waals surface area (Å²) in [5.41, 5.74) is 4.06. The van der Waals surface area contributed by atoms with Crippen molar-refractivity contribution in [1.82, 2.24) is 4.98 Å². The molecule has 1 amide bonds. The molecule has 0 aliphatic heterocycles. The summed E-state index contributed by atoms with van der Waals surface area (Å²) in [6, 6.07) is 19.7. The van der Waals surface area contributed by atoms with E-state index in [0.29, 0.717) is 5.69 Å². The van der Waals surface area contributed by atoms with Crippen molar-refractivity contribution in [1.29, 1.82) is 0 Å². The summed E-state index contributed by atoms with van der Waals surface area (Å²) in [5.74, 6) is 1.44. The van der Waals surface area contributed by atoms with Gasteiger partial charge in [-0.05, 0) is 54.8 Å². The molecule has 0 fully saturated rings. The first-order chi connectivity index (χ1) is 14.1. The van der Waals surface area contributed by atoms with Crippen LogP contribution < -0.4 is 15.4 Å². The van der Waals surface area contributed by atoms with E-state index in [4.69, 9.17) is 4.74 Å². The maximum atomic E-state index is 12.1. The maximum absolute atomic E-state index is 12.1. The van der Waals surface area contributed by atoms with Gasteiger partial charge < -0.3 is 15.4 Å². The van der Waals surface area contributed by atoms with Crippen LogP contribution in [0, 0.1) is 6.92 Å². The van der Waals surface area contributed by atoms with E-state index in [1.165, 1.54) is 17.2 Å². The summed E-state index contributed by atoms with van der Waals surface area (Å²) >= 11 is 0. The van der Waals surface area contributed by atoms with Gasteiger partial charge in [0.05, 0.1) is 19.0 Å². The number of methoxy groups -OCH3 is 1. The molecule has 0 bridgehead atoms. The van der Waals surface area contributed by atoms with Gasteiger partial charge in [-0.25, -0.2) is 4.98 Å². The fraction of sp³-hybridized carbons (Fsp3) is 0.167. The van der Waals surface area contributed by atoms with Crippen LogP contribution in [-0.2, 0) is 11.2 Å². The van der Waals surface area contributed by atoms with Crippen LogP contribution in [0.4, 0.5) is 11.5 Å². The predicted molar refractivity (Wildman–Crippen MR) is 118 cm³/mol. The number of aryl methyl sites for hydroxylation is 1. The van der Waals surface area contributed by atoms with E-state index in [-0.39, 0.29) is 5.91 Å². The average Bonchev–Trinajstić information content (AvgIpc) is 2.75. The standard InChI is InChI=1S/C24H25N3O2/c1-18-3-5-19(6-4-18)9-14-24(28)27-21-10-13-23(26-17-21)25-16-15-20-7-11-22(29-2)12-8-20/h3-14,17H,15-16H2,1-2H3,(H,25,26)(H,27,28)/b14-9+. The smallest absolute Gasteiger partial charge is 0.248 e. The molecule has 1 heterocycles. The van der Waals surface area contributed by atoms with Gasteiger partial charge in [0.15, 0.2) is 0 Å². The highest BCUT2D eigenvalue weighted by Gasteiger charge is 2.00. The zero-order valence-corrected chi connectivity index (χ0v) is 16.7. The van der Waals surface area contributed by atoms with Crippen LogP contribution in [0.15, 0.2) is 72.9 Å². The lowest BCUT2D eigenvalue weighted by Crippen LogP contribution is -2.09. The number of carbonyl (C=O) groups is 1. The minimum atomic E-state index is -0.187. The van der Waals surface area contributed by atoms with Gasteiger partial charge in [-0.2, -0.15) is 0 Å². The fourth-order valence-electron chi connectivity index (χ4n) is 2.73. The van der Waals surface area contributed by atoms with E-state index >= 15 is 0 Å². The maximum Gasteiger partial charge on any atom is 0.248 e. The lowest BCUT2D eigenvalue weighted by molar-refractivity contribution is -0.111. The summed E-state index contributed by atoms with van der Waals surface area (Å²) in [7, 11) is 1.66. The number of benzene rings is 2. The monoisotopic (exact) mass is 387 g/mol. The van der Waals surface area contributed by atoms with Crippen LogP contribution >= 0.6 is 0 Å². The number of anilines is 2. The highest BCUT2D eigenvalue weighted by Crippen LogP contribution is 2.13. The number of nitrogens with one attached hydrogen (secondary N) is 2. The van der Waals surface area contributed by atoms with Gasteiger partial charge in [-0.15, -0.1) is 0 Å². The number of pyridine rings is 1. The molecule has 3 aromatic rings. The summed E-state index contributed by atoms with van der Waals surface area (Å²) in [6.07, 6.45) is 5.84. The quantitative estimate of drug-likeness (QED) is 0.550. The minimum Gasteiger partial charge on any atom is -0.497 e. The molecular formula is C24H25N3O2. The molecule has 29 heavy (non-hydrogen) atoms. The molecular weight excluding hydrogens is 362 g/mol.